The van der Waals surface area contributed by atoms with Gasteiger partial charge < -0.3 is 10.1 Å². The zero-order valence-electron chi connectivity index (χ0n) is 16.3. The quantitative estimate of drug-likeness (QED) is 0.480. The topological polar surface area (TPSA) is 51.2 Å². The maximum atomic E-state index is 12.5. The Morgan fingerprint density at radius 3 is 2.59 bits per heavy atom. The van der Waals surface area contributed by atoms with Crippen LogP contribution in [0.1, 0.15) is 12.1 Å². The summed E-state index contributed by atoms with van der Waals surface area (Å²) in [6, 6.07) is 25.8. The van der Waals surface area contributed by atoms with Gasteiger partial charge in [0.1, 0.15) is 5.75 Å². The Bertz CT molecular complexity index is 1130. The molecule has 0 aliphatic heterocycles. The molecule has 0 fully saturated rings. The van der Waals surface area contributed by atoms with Crippen molar-refractivity contribution < 1.29 is 9.53 Å². The highest BCUT2D eigenvalue weighted by Crippen LogP contribution is 2.32. The number of ether oxygens (including phenoxy) is 1. The maximum absolute atomic E-state index is 12.5. The monoisotopic (exact) mass is 382 g/mol. The molecule has 0 unspecified atom stereocenters. The van der Waals surface area contributed by atoms with Crippen molar-refractivity contribution >= 4 is 22.4 Å². The zero-order valence-corrected chi connectivity index (χ0v) is 16.3. The van der Waals surface area contributed by atoms with E-state index >= 15 is 0 Å². The summed E-state index contributed by atoms with van der Waals surface area (Å²) in [4.78, 5) is 17.0. The number of anilines is 1. The van der Waals surface area contributed by atoms with Crippen molar-refractivity contribution in [3.05, 3.63) is 90.8 Å². The first-order valence-corrected chi connectivity index (χ1v) is 9.60. The number of amides is 1. The third-order valence-corrected chi connectivity index (χ3v) is 4.92. The maximum Gasteiger partial charge on any atom is 0.224 e. The molecule has 0 saturated carbocycles. The van der Waals surface area contributed by atoms with Gasteiger partial charge in [-0.1, -0.05) is 54.6 Å². The number of nitrogens with zero attached hydrogens (tertiary/aromatic N) is 1. The summed E-state index contributed by atoms with van der Waals surface area (Å²) in [7, 11) is 1.64. The van der Waals surface area contributed by atoms with E-state index in [0.29, 0.717) is 12.8 Å². The van der Waals surface area contributed by atoms with Gasteiger partial charge in [0.15, 0.2) is 0 Å². The molecule has 4 rings (SSSR count). The highest BCUT2D eigenvalue weighted by molar-refractivity contribution is 5.92. The van der Waals surface area contributed by atoms with E-state index in [4.69, 9.17) is 4.74 Å². The van der Waals surface area contributed by atoms with Crippen LogP contribution in [0.4, 0.5) is 5.69 Å². The summed E-state index contributed by atoms with van der Waals surface area (Å²) < 4.78 is 5.54. The predicted octanol–water partition coefficient (Wildman–Crippen LogP) is 5.48. The number of nitrogens with one attached hydrogen (secondary N) is 1. The summed E-state index contributed by atoms with van der Waals surface area (Å²) in [5, 5.41) is 5.20. The summed E-state index contributed by atoms with van der Waals surface area (Å²) in [6.07, 6.45) is 2.75. The number of pyridine rings is 1. The van der Waals surface area contributed by atoms with Crippen LogP contribution in [0, 0.1) is 0 Å². The Hall–Kier alpha value is -3.66. The number of carbonyl (C=O) groups excluding carboxylic acids is 1. The first kappa shape index (κ1) is 18.7. The number of aryl methyl sites for hydroxylation is 1. The lowest BCUT2D eigenvalue weighted by Gasteiger charge is -2.12. The number of benzene rings is 3. The fourth-order valence-electron chi connectivity index (χ4n) is 3.46. The minimum Gasteiger partial charge on any atom is -0.496 e. The molecule has 0 aliphatic carbocycles. The second-order valence-electron chi connectivity index (χ2n) is 6.81. The van der Waals surface area contributed by atoms with E-state index in [-0.39, 0.29) is 5.91 Å². The lowest BCUT2D eigenvalue weighted by atomic mass is 10.0. The Kier molecular flexibility index (Phi) is 5.52. The van der Waals surface area contributed by atoms with Crippen LogP contribution in [-0.2, 0) is 11.2 Å². The number of methoxy groups -OCH3 is 1. The third-order valence-electron chi connectivity index (χ3n) is 4.92. The Morgan fingerprint density at radius 2 is 1.76 bits per heavy atom. The normalized spacial score (nSPS) is 10.7. The molecule has 0 spiro atoms. The van der Waals surface area contributed by atoms with Crippen molar-refractivity contribution in [2.75, 3.05) is 12.4 Å². The van der Waals surface area contributed by atoms with Gasteiger partial charge in [-0.15, -0.1) is 0 Å². The van der Waals surface area contributed by atoms with Gasteiger partial charge in [0.05, 0.1) is 7.11 Å². The van der Waals surface area contributed by atoms with Gasteiger partial charge in [-0.3, -0.25) is 9.78 Å². The zero-order chi connectivity index (χ0) is 20.1. The van der Waals surface area contributed by atoms with E-state index < -0.39 is 0 Å². The number of fused-ring (bicyclic) bond motifs is 1. The van der Waals surface area contributed by atoms with Crippen LogP contribution in [0.3, 0.4) is 0 Å². The number of carbonyl (C=O) groups is 1. The van der Waals surface area contributed by atoms with E-state index in [0.717, 1.165) is 39.0 Å². The number of hydrogen-bond acceptors (Lipinski definition) is 3. The molecule has 4 aromatic rings. The van der Waals surface area contributed by atoms with Crippen LogP contribution in [-0.4, -0.2) is 18.0 Å². The second-order valence-corrected chi connectivity index (χ2v) is 6.81. The molecule has 0 saturated heterocycles. The molecule has 0 radical (unpaired) electrons. The molecule has 1 N–H and O–H groups in total. The Labute approximate surface area is 170 Å². The molecule has 4 nitrogen and oxygen atoms in total. The molecule has 29 heavy (non-hydrogen) atoms. The molecule has 0 atom stereocenters. The van der Waals surface area contributed by atoms with Gasteiger partial charge in [0.2, 0.25) is 5.91 Å². The van der Waals surface area contributed by atoms with E-state index in [2.05, 4.69) is 16.4 Å². The average Bonchev–Trinajstić information content (AvgIpc) is 2.78. The summed E-state index contributed by atoms with van der Waals surface area (Å²) in [5.74, 6) is 0.680. The van der Waals surface area contributed by atoms with Crippen molar-refractivity contribution in [2.24, 2.45) is 0 Å². The minimum atomic E-state index is -0.0470. The van der Waals surface area contributed by atoms with Crippen LogP contribution in [0.5, 0.6) is 5.75 Å². The van der Waals surface area contributed by atoms with Gasteiger partial charge in [-0.05, 0) is 35.6 Å². The molecule has 0 bridgehead atoms. The Balaban J connectivity index is 1.46. The highest BCUT2D eigenvalue weighted by Gasteiger charge is 2.10. The van der Waals surface area contributed by atoms with Crippen molar-refractivity contribution in [2.45, 2.75) is 12.8 Å². The third kappa shape index (κ3) is 4.27. The minimum absolute atomic E-state index is 0.0470. The van der Waals surface area contributed by atoms with E-state index in [9.17, 15) is 4.79 Å². The fraction of sp³-hybridized carbons (Fsp3) is 0.120. The smallest absolute Gasteiger partial charge is 0.224 e. The molecule has 1 heterocycles. The second kappa shape index (κ2) is 8.57. The first-order chi connectivity index (χ1) is 14.2. The Morgan fingerprint density at radius 1 is 0.966 bits per heavy atom. The van der Waals surface area contributed by atoms with Crippen LogP contribution in [0.15, 0.2) is 85.1 Å². The predicted molar refractivity (Wildman–Crippen MR) is 117 cm³/mol. The number of hydrogen-bond donors (Lipinski definition) is 1. The molecule has 1 amide bonds. The van der Waals surface area contributed by atoms with Gasteiger partial charge in [-0.25, -0.2) is 0 Å². The van der Waals surface area contributed by atoms with Gasteiger partial charge in [-0.2, -0.15) is 0 Å². The molecule has 0 aliphatic rings. The molecule has 144 valence electrons. The van der Waals surface area contributed by atoms with Crippen LogP contribution in [0.2, 0.25) is 0 Å². The van der Waals surface area contributed by atoms with Crippen LogP contribution >= 0.6 is 0 Å². The van der Waals surface area contributed by atoms with Crippen molar-refractivity contribution in [1.29, 1.82) is 0 Å². The molecular formula is C25H22N2O2. The van der Waals surface area contributed by atoms with Crippen molar-refractivity contribution in [1.82, 2.24) is 4.98 Å². The van der Waals surface area contributed by atoms with Crippen LogP contribution < -0.4 is 10.1 Å². The summed E-state index contributed by atoms with van der Waals surface area (Å²) in [6.45, 7) is 0. The van der Waals surface area contributed by atoms with Crippen molar-refractivity contribution in [3.8, 4) is 16.9 Å². The highest BCUT2D eigenvalue weighted by atomic mass is 16.5. The van der Waals surface area contributed by atoms with Crippen molar-refractivity contribution in [3.63, 3.8) is 0 Å². The average molecular weight is 382 g/mol. The van der Waals surface area contributed by atoms with E-state index in [1.54, 1.807) is 13.3 Å². The summed E-state index contributed by atoms with van der Waals surface area (Å²) >= 11 is 0. The van der Waals surface area contributed by atoms with Gasteiger partial charge >= 0.3 is 0 Å². The SMILES string of the molecule is COc1cc(NC(=O)CCc2nccc3ccccc23)ccc1-c1ccccc1. The molecule has 3 aromatic carbocycles. The molecule has 1 aromatic heterocycles. The van der Waals surface area contributed by atoms with Gasteiger partial charge in [0, 0.05) is 41.0 Å². The van der Waals surface area contributed by atoms with Crippen LogP contribution in [0.25, 0.3) is 21.9 Å². The number of rotatable bonds is 6. The molecular weight excluding hydrogens is 360 g/mol. The van der Waals surface area contributed by atoms with E-state index in [1.165, 1.54) is 0 Å². The van der Waals surface area contributed by atoms with E-state index in [1.807, 2.05) is 72.8 Å². The number of aromatic nitrogens is 1. The molecule has 4 heteroatoms. The fourth-order valence-corrected chi connectivity index (χ4v) is 3.46. The first-order valence-electron chi connectivity index (χ1n) is 9.60. The van der Waals surface area contributed by atoms with Gasteiger partial charge in [0.25, 0.3) is 0 Å². The lowest BCUT2D eigenvalue weighted by molar-refractivity contribution is -0.116. The summed E-state index contributed by atoms with van der Waals surface area (Å²) in [5.41, 5.74) is 3.72. The standard InChI is InChI=1S/C25H22N2O2/c1-29-24-17-20(11-12-22(24)18-7-3-2-4-8-18)27-25(28)14-13-23-21-10-6-5-9-19(21)15-16-26-23/h2-12,15-17H,13-14H2,1H3,(H,27,28). The largest absolute Gasteiger partial charge is 0.496 e. The lowest BCUT2D eigenvalue weighted by Crippen LogP contribution is -2.13.